The lowest BCUT2D eigenvalue weighted by Crippen LogP contribution is -2.53. The molecular formula is C22H38F2N5O10P. The van der Waals surface area contributed by atoms with Gasteiger partial charge in [0.05, 0.1) is 18.8 Å². The number of halogens is 2. The second-order valence-corrected chi connectivity index (χ2v) is 11.7. The lowest BCUT2D eigenvalue weighted by molar-refractivity contribution is -0.209. The Morgan fingerprint density at radius 1 is 1.10 bits per heavy atom. The highest BCUT2D eigenvalue weighted by Gasteiger charge is 2.62. The van der Waals surface area contributed by atoms with Crippen LogP contribution in [0.15, 0.2) is 17.3 Å². The molecule has 0 aromatic carbocycles. The number of aliphatic hydroxyl groups excluding tert-OH is 3. The molecule has 40 heavy (non-hydrogen) atoms. The lowest BCUT2D eigenvalue weighted by Gasteiger charge is -2.35. The van der Waals surface area contributed by atoms with Gasteiger partial charge >= 0.3 is 19.6 Å². The molecule has 2 aliphatic rings. The first-order valence-corrected chi connectivity index (χ1v) is 14.0. The van der Waals surface area contributed by atoms with E-state index in [0.29, 0.717) is 0 Å². The molecule has 2 rings (SSSR count). The number of rotatable bonds is 13. The standard InChI is InChI=1S/C22H38F2N5O10P/c1-10(2)37-18(32)12(5)27-40(35,28-13(6)19(33)38-11(3)4)36-9-22(20(23)24)16(31)15(30)17(39-22)29-8-7-14(25)26-21(29)34/h7-8,10-13,15-17,20-21,30-31,34H,9H2,1-6H3,(H2,25,26)(H2,27,28,35). The number of carbonyl (C=O) groups is 2. The Balaban J connectivity index is 2.33. The monoisotopic (exact) mass is 601 g/mol. The third kappa shape index (κ3) is 8.16. The number of esters is 2. The molecule has 1 saturated heterocycles. The number of alkyl halides is 2. The lowest BCUT2D eigenvalue weighted by atomic mass is 9.96. The molecule has 2 heterocycles. The summed E-state index contributed by atoms with van der Waals surface area (Å²) in [6, 6.07) is -2.64. The fourth-order valence-electron chi connectivity index (χ4n) is 3.70. The summed E-state index contributed by atoms with van der Waals surface area (Å²) in [7, 11) is -4.60. The van der Waals surface area contributed by atoms with Crippen LogP contribution < -0.4 is 15.9 Å². The van der Waals surface area contributed by atoms with Crippen LogP contribution in [0.25, 0.3) is 0 Å². The smallest absolute Gasteiger partial charge is 0.342 e. The van der Waals surface area contributed by atoms with Gasteiger partial charge in [0.15, 0.2) is 11.8 Å². The van der Waals surface area contributed by atoms with E-state index in [1.807, 2.05) is 0 Å². The molecule has 0 bridgehead atoms. The van der Waals surface area contributed by atoms with Crippen LogP contribution in [0.3, 0.4) is 0 Å². The highest BCUT2D eigenvalue weighted by atomic mass is 31.2. The number of nitrogens with two attached hydrogens (primary N) is 1. The number of hydrogen-bond acceptors (Lipinski definition) is 13. The van der Waals surface area contributed by atoms with Gasteiger partial charge in [-0.15, -0.1) is 0 Å². The molecule has 0 spiro atoms. The largest absolute Gasteiger partial charge is 0.462 e. The molecule has 7 N–H and O–H groups in total. The normalized spacial score (nSPS) is 29.9. The zero-order valence-electron chi connectivity index (χ0n) is 22.9. The van der Waals surface area contributed by atoms with Crippen LogP contribution in [0, 0.1) is 0 Å². The predicted molar refractivity (Wildman–Crippen MR) is 135 cm³/mol. The fourth-order valence-corrected chi connectivity index (χ4v) is 5.53. The molecule has 0 radical (unpaired) electrons. The molecule has 230 valence electrons. The predicted octanol–water partition coefficient (Wildman–Crippen LogP) is -0.485. The molecule has 0 aromatic heterocycles. The van der Waals surface area contributed by atoms with Crippen LogP contribution >= 0.6 is 7.67 Å². The van der Waals surface area contributed by atoms with Crippen molar-refractivity contribution >= 4 is 25.4 Å². The van der Waals surface area contributed by atoms with Crippen molar-refractivity contribution in [3.8, 4) is 0 Å². The second-order valence-electron chi connectivity index (χ2n) is 9.86. The third-order valence-electron chi connectivity index (χ3n) is 5.68. The Morgan fingerprint density at radius 3 is 2.02 bits per heavy atom. The van der Waals surface area contributed by atoms with E-state index in [9.17, 15) is 38.3 Å². The molecule has 0 aromatic rings. The summed E-state index contributed by atoms with van der Waals surface area (Å²) in [6.07, 6.45) is -10.1. The van der Waals surface area contributed by atoms with Gasteiger partial charge in [0.1, 0.15) is 30.1 Å². The first kappa shape index (κ1) is 34.0. The Kier molecular flexibility index (Phi) is 11.6. The van der Waals surface area contributed by atoms with Gasteiger partial charge in [-0.2, -0.15) is 0 Å². The van der Waals surface area contributed by atoms with E-state index < -0.39 is 87.3 Å². The number of hydrogen-bond donors (Lipinski definition) is 6. The van der Waals surface area contributed by atoms with Gasteiger partial charge in [-0.1, -0.05) is 0 Å². The van der Waals surface area contributed by atoms with Crippen LogP contribution in [0.2, 0.25) is 0 Å². The maximum Gasteiger partial charge on any atom is 0.342 e. The number of aliphatic hydroxyl groups is 3. The summed E-state index contributed by atoms with van der Waals surface area (Å²) in [4.78, 5) is 29.1. The zero-order valence-corrected chi connectivity index (χ0v) is 23.8. The highest BCUT2D eigenvalue weighted by Crippen LogP contribution is 2.45. The summed E-state index contributed by atoms with van der Waals surface area (Å²) in [6.45, 7) is 7.51. The molecule has 2 aliphatic heterocycles. The number of ether oxygens (including phenoxy) is 3. The van der Waals surface area contributed by atoms with Gasteiger partial charge in [0.2, 0.25) is 6.35 Å². The number of nitrogens with zero attached hydrogens (tertiary/aromatic N) is 2. The average molecular weight is 602 g/mol. The Labute approximate surface area is 230 Å². The minimum Gasteiger partial charge on any atom is -0.462 e. The Morgan fingerprint density at radius 2 is 1.60 bits per heavy atom. The summed E-state index contributed by atoms with van der Waals surface area (Å²) in [5.74, 6) is -1.81. The molecule has 1 fully saturated rings. The Bertz CT molecular complexity index is 984. The van der Waals surface area contributed by atoms with Gasteiger partial charge in [0, 0.05) is 6.20 Å². The average Bonchev–Trinajstić information content (AvgIpc) is 3.08. The fraction of sp³-hybridized carbons (Fsp3) is 0.773. The van der Waals surface area contributed by atoms with Gasteiger partial charge in [-0.05, 0) is 47.6 Å². The zero-order chi connectivity index (χ0) is 30.6. The molecular weight excluding hydrogens is 563 g/mol. The van der Waals surface area contributed by atoms with Crippen molar-refractivity contribution in [3.05, 3.63) is 12.3 Å². The number of aliphatic imine (C=N–C) groups is 1. The van der Waals surface area contributed by atoms with Crippen LogP contribution in [-0.4, -0.2) is 106 Å². The molecule has 7 atom stereocenters. The van der Waals surface area contributed by atoms with Crippen molar-refractivity contribution in [2.24, 2.45) is 10.7 Å². The molecule has 18 heteroatoms. The van der Waals surface area contributed by atoms with Crippen LogP contribution in [0.5, 0.6) is 0 Å². The first-order chi connectivity index (χ1) is 18.4. The number of nitrogens with one attached hydrogen (secondary N) is 2. The summed E-state index contributed by atoms with van der Waals surface area (Å²) in [5, 5.41) is 36.0. The van der Waals surface area contributed by atoms with Crippen molar-refractivity contribution in [2.75, 3.05) is 6.61 Å². The van der Waals surface area contributed by atoms with Crippen LogP contribution in [-0.2, 0) is 32.9 Å². The SMILES string of the molecule is CC(C)OC(=O)C(C)NP(=O)(NC(C)C(=O)OC(C)C)OCC1(C(F)F)OC(N2C=CC(N)=NC2O)C(O)C1O. The Hall–Kier alpha value is -2.24. The van der Waals surface area contributed by atoms with E-state index in [4.69, 9.17) is 24.5 Å². The molecule has 0 saturated carbocycles. The molecule has 0 amide bonds. The van der Waals surface area contributed by atoms with Crippen LogP contribution in [0.4, 0.5) is 8.78 Å². The maximum absolute atomic E-state index is 14.5. The minimum atomic E-state index is -4.60. The second kappa shape index (κ2) is 13.6. The van der Waals surface area contributed by atoms with Crippen LogP contribution in [0.1, 0.15) is 41.5 Å². The van der Waals surface area contributed by atoms with Gasteiger partial charge in [-0.3, -0.25) is 14.2 Å². The number of carbonyl (C=O) groups excluding carboxylic acids is 2. The van der Waals surface area contributed by atoms with E-state index >= 15 is 0 Å². The van der Waals surface area contributed by atoms with Crippen molar-refractivity contribution in [2.45, 2.75) is 103 Å². The maximum atomic E-state index is 14.5. The van der Waals surface area contributed by atoms with Crippen molar-refractivity contribution < 1.29 is 57.0 Å². The van der Waals surface area contributed by atoms with E-state index in [1.165, 1.54) is 19.9 Å². The number of amidine groups is 1. The molecule has 0 aliphatic carbocycles. The van der Waals surface area contributed by atoms with Gasteiger partial charge in [-0.25, -0.2) is 23.9 Å². The van der Waals surface area contributed by atoms with Crippen molar-refractivity contribution in [3.63, 3.8) is 0 Å². The summed E-state index contributed by atoms with van der Waals surface area (Å²) in [5.41, 5.74) is 2.51. The van der Waals surface area contributed by atoms with E-state index in [0.717, 1.165) is 11.1 Å². The third-order valence-corrected chi connectivity index (χ3v) is 7.63. The van der Waals surface area contributed by atoms with Crippen molar-refractivity contribution in [1.29, 1.82) is 0 Å². The minimum absolute atomic E-state index is 0.0893. The highest BCUT2D eigenvalue weighted by molar-refractivity contribution is 7.54. The topological polar surface area (TPSA) is 214 Å². The molecule has 15 nitrogen and oxygen atoms in total. The van der Waals surface area contributed by atoms with Crippen molar-refractivity contribution in [1.82, 2.24) is 15.1 Å². The first-order valence-electron chi connectivity index (χ1n) is 12.4. The van der Waals surface area contributed by atoms with E-state index in [2.05, 4.69) is 15.2 Å². The van der Waals surface area contributed by atoms with Gasteiger partial charge < -0.3 is 44.7 Å². The molecule has 7 unspecified atom stereocenters. The summed E-state index contributed by atoms with van der Waals surface area (Å²) < 4.78 is 63.5. The van der Waals surface area contributed by atoms with E-state index in [1.54, 1.807) is 27.7 Å². The van der Waals surface area contributed by atoms with Gasteiger partial charge in [0.25, 0.3) is 6.43 Å². The summed E-state index contributed by atoms with van der Waals surface area (Å²) >= 11 is 0. The van der Waals surface area contributed by atoms with E-state index in [-0.39, 0.29) is 5.84 Å². The quantitative estimate of drug-likeness (QED) is 0.116.